The third-order valence-corrected chi connectivity index (χ3v) is 3.48. The second kappa shape index (κ2) is 6.17. The fraction of sp³-hybridized carbons (Fsp3) is 0.533. The van der Waals surface area contributed by atoms with E-state index in [4.69, 9.17) is 4.74 Å². The van der Waals surface area contributed by atoms with E-state index in [0.29, 0.717) is 19.5 Å². The number of hydrogen-bond donors (Lipinski definition) is 1. The van der Waals surface area contributed by atoms with E-state index in [1.807, 2.05) is 30.0 Å². The zero-order valence-electron chi connectivity index (χ0n) is 11.6. The number of methoxy groups -OCH3 is 1. The Balaban J connectivity index is 2.09. The number of carbonyl (C=O) groups excluding carboxylic acids is 1. The number of hydrogen-bond acceptors (Lipinski definition) is 3. The van der Waals surface area contributed by atoms with Gasteiger partial charge in [0.1, 0.15) is 6.10 Å². The second-order valence-corrected chi connectivity index (χ2v) is 5.00. The maximum absolute atomic E-state index is 11.9. The van der Waals surface area contributed by atoms with Crippen molar-refractivity contribution >= 4 is 5.91 Å². The Kier molecular flexibility index (Phi) is 4.56. The Bertz CT molecular complexity index is 459. The van der Waals surface area contributed by atoms with Gasteiger partial charge in [-0.15, -0.1) is 0 Å². The van der Waals surface area contributed by atoms with Crippen molar-refractivity contribution in [1.82, 2.24) is 4.90 Å². The van der Waals surface area contributed by atoms with Gasteiger partial charge in [0.05, 0.1) is 6.61 Å². The standard InChI is InChI=1S/C15H21NO3/c1-3-4-15(18)16-8-12-6-5-11(7-13(12)9-16)14(17)10-19-2/h5-7,14,17H,3-4,8-10H2,1-2H3. The Hall–Kier alpha value is -1.39. The first-order valence-electron chi connectivity index (χ1n) is 6.72. The van der Waals surface area contributed by atoms with Crippen molar-refractivity contribution in [3.8, 4) is 0 Å². The predicted octanol–water partition coefficient (Wildman–Crippen LogP) is 2.01. The van der Waals surface area contributed by atoms with E-state index in [1.165, 1.54) is 5.56 Å². The second-order valence-electron chi connectivity index (χ2n) is 5.00. The number of ether oxygens (including phenoxy) is 1. The van der Waals surface area contributed by atoms with Crippen LogP contribution in [0.25, 0.3) is 0 Å². The summed E-state index contributed by atoms with van der Waals surface area (Å²) in [4.78, 5) is 13.8. The normalized spacial score (nSPS) is 15.4. The molecule has 0 aliphatic carbocycles. The third-order valence-electron chi connectivity index (χ3n) is 3.48. The fourth-order valence-electron chi connectivity index (χ4n) is 2.42. The highest BCUT2D eigenvalue weighted by Crippen LogP contribution is 2.26. The smallest absolute Gasteiger partial charge is 0.223 e. The lowest BCUT2D eigenvalue weighted by Gasteiger charge is -2.14. The van der Waals surface area contributed by atoms with Crippen molar-refractivity contribution in [1.29, 1.82) is 0 Å². The van der Waals surface area contributed by atoms with Crippen molar-refractivity contribution in [2.45, 2.75) is 39.0 Å². The summed E-state index contributed by atoms with van der Waals surface area (Å²) in [5.41, 5.74) is 3.17. The summed E-state index contributed by atoms with van der Waals surface area (Å²) in [7, 11) is 1.57. The number of nitrogens with zero attached hydrogens (tertiary/aromatic N) is 1. The molecule has 1 aromatic carbocycles. The molecule has 0 saturated heterocycles. The number of fused-ring (bicyclic) bond motifs is 1. The molecule has 19 heavy (non-hydrogen) atoms. The Morgan fingerprint density at radius 2 is 2.16 bits per heavy atom. The molecule has 4 heteroatoms. The first-order valence-corrected chi connectivity index (χ1v) is 6.72. The minimum absolute atomic E-state index is 0.206. The zero-order valence-corrected chi connectivity index (χ0v) is 11.6. The van der Waals surface area contributed by atoms with Gasteiger partial charge in [-0.3, -0.25) is 4.79 Å². The molecule has 0 radical (unpaired) electrons. The van der Waals surface area contributed by atoms with Crippen LogP contribution in [-0.2, 0) is 22.6 Å². The molecule has 0 bridgehead atoms. The molecule has 1 aliphatic rings. The molecule has 104 valence electrons. The molecular formula is C15H21NO3. The molecule has 0 aromatic heterocycles. The van der Waals surface area contributed by atoms with Crippen molar-refractivity contribution in [3.05, 3.63) is 34.9 Å². The van der Waals surface area contributed by atoms with E-state index < -0.39 is 6.10 Å². The highest BCUT2D eigenvalue weighted by molar-refractivity contribution is 5.76. The van der Waals surface area contributed by atoms with Gasteiger partial charge < -0.3 is 14.7 Å². The fourth-order valence-corrected chi connectivity index (χ4v) is 2.42. The monoisotopic (exact) mass is 263 g/mol. The average molecular weight is 263 g/mol. The van der Waals surface area contributed by atoms with E-state index >= 15 is 0 Å². The van der Waals surface area contributed by atoms with E-state index in [2.05, 4.69) is 0 Å². The molecule has 1 unspecified atom stereocenters. The van der Waals surface area contributed by atoms with Gasteiger partial charge in [-0.1, -0.05) is 25.1 Å². The molecule has 1 heterocycles. The lowest BCUT2D eigenvalue weighted by Crippen LogP contribution is -2.24. The molecular weight excluding hydrogens is 242 g/mol. The predicted molar refractivity (Wildman–Crippen MR) is 72.4 cm³/mol. The van der Waals surface area contributed by atoms with Gasteiger partial charge in [0, 0.05) is 26.6 Å². The van der Waals surface area contributed by atoms with Gasteiger partial charge in [0.2, 0.25) is 5.91 Å². The van der Waals surface area contributed by atoms with Gasteiger partial charge in [-0.25, -0.2) is 0 Å². The zero-order chi connectivity index (χ0) is 13.8. The summed E-state index contributed by atoms with van der Waals surface area (Å²) in [6.45, 7) is 3.65. The first-order chi connectivity index (χ1) is 9.15. The molecule has 1 aliphatic heterocycles. The Morgan fingerprint density at radius 1 is 1.42 bits per heavy atom. The van der Waals surface area contributed by atoms with Crippen LogP contribution in [0, 0.1) is 0 Å². The number of rotatable bonds is 5. The molecule has 0 saturated carbocycles. The van der Waals surface area contributed by atoms with E-state index in [-0.39, 0.29) is 12.5 Å². The first kappa shape index (κ1) is 14.0. The van der Waals surface area contributed by atoms with Crippen molar-refractivity contribution in [2.75, 3.05) is 13.7 Å². The summed E-state index contributed by atoms with van der Waals surface area (Å²) in [6.07, 6.45) is 0.882. The number of amides is 1. The maximum atomic E-state index is 11.9. The SMILES string of the molecule is CCCC(=O)N1Cc2ccc(C(O)COC)cc2C1. The molecule has 0 fully saturated rings. The van der Waals surface area contributed by atoms with Gasteiger partial charge in [-0.05, 0) is 23.1 Å². The van der Waals surface area contributed by atoms with E-state index in [1.54, 1.807) is 7.11 Å². The van der Waals surface area contributed by atoms with Crippen molar-refractivity contribution in [3.63, 3.8) is 0 Å². The largest absolute Gasteiger partial charge is 0.386 e. The summed E-state index contributed by atoms with van der Waals surface area (Å²) in [5.74, 6) is 0.206. The molecule has 0 spiro atoms. The lowest BCUT2D eigenvalue weighted by atomic mass is 10.0. The van der Waals surface area contributed by atoms with Gasteiger partial charge in [0.25, 0.3) is 0 Å². The van der Waals surface area contributed by atoms with E-state index in [9.17, 15) is 9.90 Å². The van der Waals surface area contributed by atoms with Crippen LogP contribution in [0.1, 0.15) is 42.6 Å². The Morgan fingerprint density at radius 3 is 2.84 bits per heavy atom. The van der Waals surface area contributed by atoms with Crippen LogP contribution in [0.4, 0.5) is 0 Å². The number of aliphatic hydroxyl groups is 1. The van der Waals surface area contributed by atoms with Crippen LogP contribution >= 0.6 is 0 Å². The van der Waals surface area contributed by atoms with Crippen molar-refractivity contribution in [2.24, 2.45) is 0 Å². The van der Waals surface area contributed by atoms with Crippen LogP contribution in [-0.4, -0.2) is 29.6 Å². The molecule has 1 aromatic rings. The van der Waals surface area contributed by atoms with Crippen LogP contribution in [0.3, 0.4) is 0 Å². The quantitative estimate of drug-likeness (QED) is 0.884. The molecule has 1 amide bonds. The van der Waals surface area contributed by atoms with Crippen molar-refractivity contribution < 1.29 is 14.6 Å². The highest BCUT2D eigenvalue weighted by atomic mass is 16.5. The topological polar surface area (TPSA) is 49.8 Å². The highest BCUT2D eigenvalue weighted by Gasteiger charge is 2.23. The average Bonchev–Trinajstić information content (AvgIpc) is 2.82. The van der Waals surface area contributed by atoms with Gasteiger partial charge >= 0.3 is 0 Å². The van der Waals surface area contributed by atoms with Crippen LogP contribution in [0.2, 0.25) is 0 Å². The summed E-state index contributed by atoms with van der Waals surface area (Å²) >= 11 is 0. The number of carbonyl (C=O) groups is 1. The molecule has 2 rings (SSSR count). The summed E-state index contributed by atoms with van der Waals surface area (Å²) in [6, 6.07) is 5.90. The minimum atomic E-state index is -0.601. The maximum Gasteiger partial charge on any atom is 0.223 e. The molecule has 4 nitrogen and oxygen atoms in total. The van der Waals surface area contributed by atoms with Crippen LogP contribution in [0.5, 0.6) is 0 Å². The third kappa shape index (κ3) is 3.14. The minimum Gasteiger partial charge on any atom is -0.386 e. The van der Waals surface area contributed by atoms with Gasteiger partial charge in [-0.2, -0.15) is 0 Å². The molecule has 1 atom stereocenters. The Labute approximate surface area is 114 Å². The van der Waals surface area contributed by atoms with Crippen LogP contribution in [0.15, 0.2) is 18.2 Å². The van der Waals surface area contributed by atoms with Gasteiger partial charge in [0.15, 0.2) is 0 Å². The summed E-state index contributed by atoms with van der Waals surface area (Å²) in [5, 5.41) is 9.91. The lowest BCUT2D eigenvalue weighted by molar-refractivity contribution is -0.131. The number of benzene rings is 1. The van der Waals surface area contributed by atoms with E-state index in [0.717, 1.165) is 17.5 Å². The summed E-state index contributed by atoms with van der Waals surface area (Å²) < 4.78 is 4.95. The van der Waals surface area contributed by atoms with Crippen LogP contribution < -0.4 is 0 Å². The molecule has 1 N–H and O–H groups in total. The number of aliphatic hydroxyl groups excluding tert-OH is 1.